The van der Waals surface area contributed by atoms with Crippen LogP contribution in [-0.4, -0.2) is 33.9 Å². The highest BCUT2D eigenvalue weighted by molar-refractivity contribution is 7.92. The average molecular weight is 513 g/mol. The highest BCUT2D eigenvalue weighted by Gasteiger charge is 2.22. The quantitative estimate of drug-likeness (QED) is 0.340. The van der Waals surface area contributed by atoms with Crippen LogP contribution in [0.15, 0.2) is 77.7 Å². The molecule has 1 N–H and O–H groups in total. The fraction of sp³-hybridized carbons (Fsp3) is 0.120. The first-order valence-electron chi connectivity index (χ1n) is 10.6. The molecule has 0 aliphatic rings. The zero-order valence-electron chi connectivity index (χ0n) is 18.8. The minimum absolute atomic E-state index is 0.0270. The van der Waals surface area contributed by atoms with Gasteiger partial charge in [0, 0.05) is 17.4 Å². The van der Waals surface area contributed by atoms with Gasteiger partial charge >= 0.3 is 5.97 Å². The van der Waals surface area contributed by atoms with Crippen LogP contribution in [0.25, 0.3) is 10.1 Å². The molecule has 0 fully saturated rings. The van der Waals surface area contributed by atoms with E-state index < -0.39 is 21.8 Å². The van der Waals surface area contributed by atoms with Crippen LogP contribution in [0.4, 0.5) is 15.8 Å². The maximum Gasteiger partial charge on any atom is 0.338 e. The highest BCUT2D eigenvalue weighted by Crippen LogP contribution is 2.31. The van der Waals surface area contributed by atoms with Crippen molar-refractivity contribution >= 4 is 54.7 Å². The van der Waals surface area contributed by atoms with E-state index in [0.29, 0.717) is 27.2 Å². The molecule has 10 heteroatoms. The van der Waals surface area contributed by atoms with Gasteiger partial charge in [-0.3, -0.25) is 9.10 Å². The van der Waals surface area contributed by atoms with Crippen molar-refractivity contribution in [1.29, 1.82) is 0 Å². The topological polar surface area (TPSA) is 92.8 Å². The number of rotatable bonds is 7. The molecule has 0 bridgehead atoms. The third-order valence-corrected chi connectivity index (χ3v) is 8.13. The Bertz CT molecular complexity index is 1500. The van der Waals surface area contributed by atoms with Gasteiger partial charge in [0.25, 0.3) is 15.9 Å². The minimum atomic E-state index is -3.88. The zero-order chi connectivity index (χ0) is 25.2. The molecule has 4 aromatic rings. The van der Waals surface area contributed by atoms with Crippen molar-refractivity contribution < 1.29 is 27.1 Å². The Morgan fingerprint density at radius 3 is 2.34 bits per heavy atom. The predicted molar refractivity (Wildman–Crippen MR) is 134 cm³/mol. The van der Waals surface area contributed by atoms with E-state index >= 15 is 0 Å². The second kappa shape index (κ2) is 9.85. The second-order valence-corrected chi connectivity index (χ2v) is 10.6. The number of nitrogens with one attached hydrogen (secondary N) is 1. The van der Waals surface area contributed by atoms with Crippen molar-refractivity contribution in [2.75, 3.05) is 23.3 Å². The van der Waals surface area contributed by atoms with Crippen molar-refractivity contribution in [2.24, 2.45) is 0 Å². The summed E-state index contributed by atoms with van der Waals surface area (Å²) in [7, 11) is -2.47. The van der Waals surface area contributed by atoms with Gasteiger partial charge < -0.3 is 10.1 Å². The smallest absolute Gasteiger partial charge is 0.338 e. The third kappa shape index (κ3) is 5.18. The number of benzene rings is 3. The Morgan fingerprint density at radius 2 is 1.69 bits per heavy atom. The zero-order valence-corrected chi connectivity index (χ0v) is 20.5. The Labute approximate surface area is 205 Å². The van der Waals surface area contributed by atoms with Gasteiger partial charge in [0.15, 0.2) is 0 Å². The van der Waals surface area contributed by atoms with Gasteiger partial charge in [0.1, 0.15) is 5.82 Å². The van der Waals surface area contributed by atoms with Crippen molar-refractivity contribution in [3.05, 3.63) is 89.1 Å². The van der Waals surface area contributed by atoms with Gasteiger partial charge in [-0.15, -0.1) is 11.3 Å². The molecule has 0 radical (unpaired) electrons. The number of esters is 1. The lowest BCUT2D eigenvalue weighted by Crippen LogP contribution is -2.26. The van der Waals surface area contributed by atoms with E-state index in [2.05, 4.69) is 5.32 Å². The molecule has 0 spiro atoms. The van der Waals surface area contributed by atoms with Crippen molar-refractivity contribution in [1.82, 2.24) is 0 Å². The summed E-state index contributed by atoms with van der Waals surface area (Å²) in [5.74, 6) is -1.28. The van der Waals surface area contributed by atoms with Gasteiger partial charge in [0.2, 0.25) is 0 Å². The average Bonchev–Trinajstić information content (AvgIpc) is 3.28. The number of nitrogens with zero attached hydrogens (tertiary/aromatic N) is 1. The lowest BCUT2D eigenvalue weighted by atomic mass is 10.2. The summed E-state index contributed by atoms with van der Waals surface area (Å²) >= 11 is 1.27. The number of anilines is 2. The molecule has 35 heavy (non-hydrogen) atoms. The molecule has 1 amide bonds. The first kappa shape index (κ1) is 24.4. The molecular formula is C25H21FN2O5S2. The molecule has 1 aromatic heterocycles. The largest absolute Gasteiger partial charge is 0.462 e. The van der Waals surface area contributed by atoms with Crippen LogP contribution in [0.1, 0.15) is 27.0 Å². The third-order valence-electron chi connectivity index (χ3n) is 5.21. The molecule has 0 atom stereocenters. The van der Waals surface area contributed by atoms with Crippen LogP contribution in [0.3, 0.4) is 0 Å². The molecule has 0 saturated heterocycles. The predicted octanol–water partition coefficient (Wildman–Crippen LogP) is 5.29. The molecule has 3 aromatic carbocycles. The molecule has 1 heterocycles. The number of amides is 1. The number of ether oxygens (including phenoxy) is 1. The summed E-state index contributed by atoms with van der Waals surface area (Å²) in [4.78, 5) is 24.9. The van der Waals surface area contributed by atoms with Gasteiger partial charge in [-0.25, -0.2) is 17.6 Å². The van der Waals surface area contributed by atoms with Gasteiger partial charge in [-0.05, 0) is 85.1 Å². The number of hydrogen-bond donors (Lipinski definition) is 1. The summed E-state index contributed by atoms with van der Waals surface area (Å²) in [6.07, 6.45) is 0. The summed E-state index contributed by atoms with van der Waals surface area (Å²) in [6.45, 7) is 2.00. The van der Waals surface area contributed by atoms with E-state index in [4.69, 9.17) is 4.74 Å². The first-order chi connectivity index (χ1) is 16.7. The fourth-order valence-corrected chi connectivity index (χ4v) is 5.46. The van der Waals surface area contributed by atoms with Crippen LogP contribution in [0, 0.1) is 5.82 Å². The standard InChI is InChI=1S/C25H21FN2O5S2/c1-3-33-25(30)16-4-8-19(9-5-16)27-24(29)23-15-17-14-20(10-13-22(17)34-23)28(2)35(31,32)21-11-6-18(26)7-12-21/h4-15H,3H2,1-2H3,(H,27,29). The van der Waals surface area contributed by atoms with E-state index in [-0.39, 0.29) is 17.4 Å². The number of hydrogen-bond acceptors (Lipinski definition) is 6. The van der Waals surface area contributed by atoms with Crippen LogP contribution in [0.2, 0.25) is 0 Å². The van der Waals surface area contributed by atoms with Crippen LogP contribution in [-0.2, 0) is 14.8 Å². The molecule has 0 aliphatic carbocycles. The summed E-state index contributed by atoms with van der Waals surface area (Å²) in [5, 5.41) is 3.49. The van der Waals surface area contributed by atoms with Gasteiger partial charge in [-0.1, -0.05) is 0 Å². The normalized spacial score (nSPS) is 11.3. The molecule has 0 unspecified atom stereocenters. The minimum Gasteiger partial charge on any atom is -0.462 e. The van der Waals surface area contributed by atoms with Crippen LogP contribution >= 0.6 is 11.3 Å². The fourth-order valence-electron chi connectivity index (χ4n) is 3.34. The summed E-state index contributed by atoms with van der Waals surface area (Å²) < 4.78 is 45.9. The second-order valence-electron chi connectivity index (χ2n) is 7.51. The van der Waals surface area contributed by atoms with Crippen molar-refractivity contribution in [3.8, 4) is 0 Å². The number of fused-ring (bicyclic) bond motifs is 1. The lowest BCUT2D eigenvalue weighted by Gasteiger charge is -2.19. The maximum absolute atomic E-state index is 13.2. The number of sulfonamides is 1. The monoisotopic (exact) mass is 512 g/mol. The molecule has 4 rings (SSSR count). The van der Waals surface area contributed by atoms with E-state index in [1.807, 2.05) is 0 Å². The first-order valence-corrected chi connectivity index (χ1v) is 12.8. The number of halogens is 1. The molecule has 0 saturated carbocycles. The number of carbonyl (C=O) groups excluding carboxylic acids is 2. The van der Waals surface area contributed by atoms with Gasteiger partial charge in [-0.2, -0.15) is 0 Å². The van der Waals surface area contributed by atoms with Crippen LogP contribution in [0.5, 0.6) is 0 Å². The van der Waals surface area contributed by atoms with Gasteiger partial charge in [0.05, 0.1) is 27.6 Å². The Morgan fingerprint density at radius 1 is 1.00 bits per heavy atom. The highest BCUT2D eigenvalue weighted by atomic mass is 32.2. The Kier molecular flexibility index (Phi) is 6.86. The number of carbonyl (C=O) groups is 2. The van der Waals surface area contributed by atoms with E-state index in [1.54, 1.807) is 55.5 Å². The molecular weight excluding hydrogens is 491 g/mol. The Balaban J connectivity index is 1.53. The Hall–Kier alpha value is -3.76. The van der Waals surface area contributed by atoms with Crippen LogP contribution < -0.4 is 9.62 Å². The van der Waals surface area contributed by atoms with E-state index in [9.17, 15) is 22.4 Å². The maximum atomic E-state index is 13.2. The van der Waals surface area contributed by atoms with Crippen molar-refractivity contribution in [3.63, 3.8) is 0 Å². The lowest BCUT2D eigenvalue weighted by molar-refractivity contribution is 0.0526. The summed E-state index contributed by atoms with van der Waals surface area (Å²) in [6, 6.07) is 17.8. The van der Waals surface area contributed by atoms with E-state index in [1.165, 1.54) is 30.5 Å². The number of thiophene rings is 1. The van der Waals surface area contributed by atoms with Crippen molar-refractivity contribution in [2.45, 2.75) is 11.8 Å². The molecule has 7 nitrogen and oxygen atoms in total. The van der Waals surface area contributed by atoms with E-state index in [0.717, 1.165) is 21.1 Å². The summed E-state index contributed by atoms with van der Waals surface area (Å²) in [5.41, 5.74) is 1.31. The SMILES string of the molecule is CCOC(=O)c1ccc(NC(=O)c2cc3cc(N(C)S(=O)(=O)c4ccc(F)cc4)ccc3s2)cc1. The molecule has 180 valence electrons. The molecule has 0 aliphatic heterocycles.